The Morgan fingerprint density at radius 2 is 1.92 bits per heavy atom. The Morgan fingerprint density at radius 1 is 1.23 bits per heavy atom. The quantitative estimate of drug-likeness (QED) is 0.505. The molecule has 1 heterocycles. The van der Waals surface area contributed by atoms with Gasteiger partial charge >= 0.3 is 0 Å². The Kier molecular flexibility index (Phi) is 8.27. The van der Waals surface area contributed by atoms with Crippen molar-refractivity contribution >= 4 is 16.0 Å². The molecule has 0 bridgehead atoms. The highest BCUT2D eigenvalue weighted by Gasteiger charge is 2.23. The van der Waals surface area contributed by atoms with Crippen LogP contribution >= 0.6 is 0 Å². The lowest BCUT2D eigenvalue weighted by molar-refractivity contribution is 0.0731. The first-order valence-corrected chi connectivity index (χ1v) is 10.4. The summed E-state index contributed by atoms with van der Waals surface area (Å²) >= 11 is 0. The van der Waals surface area contributed by atoms with E-state index in [1.165, 1.54) is 16.4 Å². The number of morpholine rings is 1. The van der Waals surface area contributed by atoms with Crippen LogP contribution in [-0.2, 0) is 21.2 Å². The third-order valence-electron chi connectivity index (χ3n) is 3.95. The molecule has 0 saturated carbocycles. The van der Waals surface area contributed by atoms with Crippen LogP contribution in [0.2, 0.25) is 0 Å². The second kappa shape index (κ2) is 10.4. The van der Waals surface area contributed by atoms with Gasteiger partial charge in [0.1, 0.15) is 5.82 Å². The Bertz CT molecular complexity index is 674. The molecule has 7 nitrogen and oxygen atoms in total. The summed E-state index contributed by atoms with van der Waals surface area (Å²) in [7, 11) is -3.31. The summed E-state index contributed by atoms with van der Waals surface area (Å²) in [5, 5.41) is 6.26. The summed E-state index contributed by atoms with van der Waals surface area (Å²) in [6, 6.07) is 6.36. The zero-order chi connectivity index (χ0) is 18.8. The standard InChI is InChI=1S/C17H27FN4O3S/c1-2-19-17(20-8-7-15-3-5-16(18)6-4-15)21-9-14-26(23,24)22-10-12-25-13-11-22/h3-6H,2,7-14H2,1H3,(H2,19,20,21). The summed E-state index contributed by atoms with van der Waals surface area (Å²) in [5.41, 5.74) is 1.02. The Labute approximate surface area is 154 Å². The van der Waals surface area contributed by atoms with Gasteiger partial charge in [0.2, 0.25) is 10.0 Å². The molecular formula is C17H27FN4O3S. The number of hydrogen-bond acceptors (Lipinski definition) is 4. The summed E-state index contributed by atoms with van der Waals surface area (Å²) < 4.78 is 44.1. The fourth-order valence-electron chi connectivity index (χ4n) is 2.54. The predicted molar refractivity (Wildman–Crippen MR) is 100 cm³/mol. The van der Waals surface area contributed by atoms with Gasteiger partial charge in [-0.25, -0.2) is 12.8 Å². The number of aliphatic imine (C=N–C) groups is 1. The van der Waals surface area contributed by atoms with Crippen molar-refractivity contribution in [2.75, 3.05) is 51.7 Å². The molecule has 1 saturated heterocycles. The second-order valence-corrected chi connectivity index (χ2v) is 7.98. The Hall–Kier alpha value is -1.71. The van der Waals surface area contributed by atoms with Crippen molar-refractivity contribution < 1.29 is 17.5 Å². The lowest BCUT2D eigenvalue weighted by Gasteiger charge is -2.25. The first-order chi connectivity index (χ1) is 12.5. The molecule has 9 heteroatoms. The van der Waals surface area contributed by atoms with E-state index in [0.717, 1.165) is 12.0 Å². The average molecular weight is 386 g/mol. The van der Waals surface area contributed by atoms with Crippen molar-refractivity contribution in [3.05, 3.63) is 35.6 Å². The van der Waals surface area contributed by atoms with Crippen molar-refractivity contribution in [3.8, 4) is 0 Å². The monoisotopic (exact) mass is 386 g/mol. The average Bonchev–Trinajstić information content (AvgIpc) is 2.64. The Morgan fingerprint density at radius 3 is 2.58 bits per heavy atom. The van der Waals surface area contributed by atoms with E-state index in [4.69, 9.17) is 4.74 Å². The van der Waals surface area contributed by atoms with Gasteiger partial charge in [0.05, 0.1) is 25.5 Å². The highest BCUT2D eigenvalue weighted by Crippen LogP contribution is 2.05. The van der Waals surface area contributed by atoms with Crippen molar-refractivity contribution in [1.29, 1.82) is 0 Å². The van der Waals surface area contributed by atoms with Gasteiger partial charge in [-0.2, -0.15) is 4.31 Å². The molecule has 0 atom stereocenters. The zero-order valence-electron chi connectivity index (χ0n) is 15.1. The van der Waals surface area contributed by atoms with Crippen LogP contribution in [0.1, 0.15) is 12.5 Å². The van der Waals surface area contributed by atoms with Gasteiger partial charge in [0, 0.05) is 26.2 Å². The van der Waals surface area contributed by atoms with Crippen molar-refractivity contribution in [2.24, 2.45) is 4.99 Å². The maximum atomic E-state index is 12.9. The Balaban J connectivity index is 1.80. The number of nitrogens with one attached hydrogen (secondary N) is 2. The number of sulfonamides is 1. The van der Waals surface area contributed by atoms with Gasteiger partial charge in [-0.1, -0.05) is 12.1 Å². The summed E-state index contributed by atoms with van der Waals surface area (Å²) in [5.74, 6) is 0.298. The first kappa shape index (κ1) is 20.6. The molecule has 0 radical (unpaired) electrons. The third-order valence-corrected chi connectivity index (χ3v) is 5.80. The second-order valence-electron chi connectivity index (χ2n) is 5.89. The van der Waals surface area contributed by atoms with Gasteiger partial charge in [0.25, 0.3) is 0 Å². The number of halogens is 1. The van der Waals surface area contributed by atoms with Crippen LogP contribution in [0.4, 0.5) is 4.39 Å². The molecule has 1 aliphatic rings. The van der Waals surface area contributed by atoms with E-state index in [-0.39, 0.29) is 18.1 Å². The summed E-state index contributed by atoms with van der Waals surface area (Å²) in [4.78, 5) is 4.34. The molecule has 1 aliphatic heterocycles. The van der Waals surface area contributed by atoms with Crippen molar-refractivity contribution in [3.63, 3.8) is 0 Å². The number of guanidine groups is 1. The first-order valence-electron chi connectivity index (χ1n) is 8.83. The number of benzene rings is 1. The minimum atomic E-state index is -3.31. The molecular weight excluding hydrogens is 359 g/mol. The minimum absolute atomic E-state index is 0.0263. The fourth-order valence-corrected chi connectivity index (χ4v) is 3.83. The minimum Gasteiger partial charge on any atom is -0.379 e. The van der Waals surface area contributed by atoms with Crippen LogP contribution in [0, 0.1) is 5.82 Å². The normalized spacial score (nSPS) is 16.5. The lowest BCUT2D eigenvalue weighted by Crippen LogP contribution is -2.42. The van der Waals surface area contributed by atoms with Crippen LogP contribution in [0.25, 0.3) is 0 Å². The molecule has 1 aromatic carbocycles. The zero-order valence-corrected chi connectivity index (χ0v) is 15.9. The van der Waals surface area contributed by atoms with E-state index in [0.29, 0.717) is 45.4 Å². The molecule has 2 N–H and O–H groups in total. The smallest absolute Gasteiger partial charge is 0.216 e. The van der Waals surface area contributed by atoms with Crippen LogP contribution < -0.4 is 10.6 Å². The summed E-state index contributed by atoms with van der Waals surface area (Å²) in [6.45, 7) is 5.12. The molecule has 0 amide bonds. The van der Waals surface area contributed by atoms with Gasteiger partial charge in [-0.15, -0.1) is 0 Å². The number of rotatable bonds is 8. The highest BCUT2D eigenvalue weighted by molar-refractivity contribution is 7.89. The van der Waals surface area contributed by atoms with Crippen LogP contribution in [-0.4, -0.2) is 70.4 Å². The highest BCUT2D eigenvalue weighted by atomic mass is 32.2. The van der Waals surface area contributed by atoms with E-state index >= 15 is 0 Å². The molecule has 146 valence electrons. The van der Waals surface area contributed by atoms with Gasteiger partial charge in [0.15, 0.2) is 5.96 Å². The van der Waals surface area contributed by atoms with E-state index in [2.05, 4.69) is 15.6 Å². The van der Waals surface area contributed by atoms with E-state index in [1.807, 2.05) is 6.92 Å². The lowest BCUT2D eigenvalue weighted by atomic mass is 10.1. The largest absolute Gasteiger partial charge is 0.379 e. The maximum absolute atomic E-state index is 12.9. The van der Waals surface area contributed by atoms with Crippen LogP contribution in [0.5, 0.6) is 0 Å². The van der Waals surface area contributed by atoms with Gasteiger partial charge in [-0.3, -0.25) is 4.99 Å². The fraction of sp³-hybridized carbons (Fsp3) is 0.588. The van der Waals surface area contributed by atoms with E-state index < -0.39 is 10.0 Å². The van der Waals surface area contributed by atoms with Gasteiger partial charge in [-0.05, 0) is 31.0 Å². The number of ether oxygens (including phenoxy) is 1. The molecule has 0 spiro atoms. The predicted octanol–water partition coefficient (Wildman–Crippen LogP) is 0.585. The van der Waals surface area contributed by atoms with Crippen molar-refractivity contribution in [1.82, 2.24) is 14.9 Å². The number of nitrogens with zero attached hydrogens (tertiary/aromatic N) is 2. The van der Waals surface area contributed by atoms with Crippen LogP contribution in [0.15, 0.2) is 29.3 Å². The van der Waals surface area contributed by atoms with Crippen LogP contribution in [0.3, 0.4) is 0 Å². The SMILES string of the molecule is CCNC(=NCCS(=O)(=O)N1CCOCC1)NCCc1ccc(F)cc1. The maximum Gasteiger partial charge on any atom is 0.216 e. The molecule has 0 aromatic heterocycles. The molecule has 1 fully saturated rings. The topological polar surface area (TPSA) is 83.0 Å². The van der Waals surface area contributed by atoms with E-state index in [9.17, 15) is 12.8 Å². The molecule has 0 aliphatic carbocycles. The van der Waals surface area contributed by atoms with E-state index in [1.54, 1.807) is 12.1 Å². The molecule has 2 rings (SSSR count). The van der Waals surface area contributed by atoms with Gasteiger partial charge < -0.3 is 15.4 Å². The summed E-state index contributed by atoms with van der Waals surface area (Å²) in [6.07, 6.45) is 0.719. The third kappa shape index (κ3) is 6.89. The van der Waals surface area contributed by atoms with Crippen molar-refractivity contribution in [2.45, 2.75) is 13.3 Å². The molecule has 1 aromatic rings. The number of hydrogen-bond donors (Lipinski definition) is 2. The molecule has 26 heavy (non-hydrogen) atoms. The molecule has 0 unspecified atom stereocenters.